The summed E-state index contributed by atoms with van der Waals surface area (Å²) in [7, 11) is 0. The molecule has 2 heterocycles. The maximum Gasteiger partial charge on any atom is 0.0729 e. The van der Waals surface area contributed by atoms with Crippen molar-refractivity contribution in [1.29, 1.82) is 0 Å². The Morgan fingerprint density at radius 3 is 2.68 bits per heavy atom. The molecule has 0 spiro atoms. The van der Waals surface area contributed by atoms with E-state index in [1.54, 1.807) is 0 Å². The summed E-state index contributed by atoms with van der Waals surface area (Å²) in [5, 5.41) is 12.0. The molecule has 5 heteroatoms. The van der Waals surface area contributed by atoms with Crippen LogP contribution in [0.3, 0.4) is 0 Å². The summed E-state index contributed by atoms with van der Waals surface area (Å²) in [5.41, 5.74) is 2.26. The molecule has 0 radical (unpaired) electrons. The Kier molecular flexibility index (Phi) is 4.60. The summed E-state index contributed by atoms with van der Waals surface area (Å²) in [5.74, 6) is 0.619. The van der Waals surface area contributed by atoms with Crippen LogP contribution in [-0.2, 0) is 19.6 Å². The van der Waals surface area contributed by atoms with Gasteiger partial charge in [0.2, 0.25) is 0 Å². The zero-order valence-electron chi connectivity index (χ0n) is 12.0. The molecule has 2 rings (SSSR count). The smallest absolute Gasteiger partial charge is 0.0729 e. The number of aromatic nitrogens is 4. The van der Waals surface area contributed by atoms with Gasteiger partial charge in [0.25, 0.3) is 0 Å². The predicted molar refractivity (Wildman–Crippen MR) is 76.9 cm³/mol. The molecule has 1 N–H and O–H groups in total. The van der Waals surface area contributed by atoms with E-state index >= 15 is 0 Å². The summed E-state index contributed by atoms with van der Waals surface area (Å²) < 4.78 is 3.96. The molecular weight excluding hydrogens is 238 g/mol. The van der Waals surface area contributed by atoms with Gasteiger partial charge in [-0.15, -0.1) is 0 Å². The van der Waals surface area contributed by atoms with Gasteiger partial charge in [0, 0.05) is 37.6 Å². The topological polar surface area (TPSA) is 47.7 Å². The summed E-state index contributed by atoms with van der Waals surface area (Å²) in [4.78, 5) is 0. The zero-order valence-corrected chi connectivity index (χ0v) is 12.0. The Hall–Kier alpha value is -1.78. The number of aryl methyl sites for hydroxylation is 1. The number of rotatable bonds is 7. The van der Waals surface area contributed by atoms with E-state index < -0.39 is 0 Å². The highest BCUT2D eigenvalue weighted by Gasteiger charge is 2.02. The summed E-state index contributed by atoms with van der Waals surface area (Å²) in [6.45, 7) is 9.26. The third kappa shape index (κ3) is 4.12. The first-order chi connectivity index (χ1) is 9.17. The lowest BCUT2D eigenvalue weighted by atomic mass is 10.2. The first-order valence-electron chi connectivity index (χ1n) is 6.95. The van der Waals surface area contributed by atoms with Crippen LogP contribution >= 0.6 is 0 Å². The minimum absolute atomic E-state index is 0.619. The molecule has 5 nitrogen and oxygen atoms in total. The third-order valence-electron chi connectivity index (χ3n) is 2.82. The van der Waals surface area contributed by atoms with Crippen LogP contribution < -0.4 is 5.32 Å². The quantitative estimate of drug-likeness (QED) is 0.833. The maximum absolute atomic E-state index is 4.36. The van der Waals surface area contributed by atoms with Crippen LogP contribution in [-0.4, -0.2) is 19.6 Å². The molecule has 19 heavy (non-hydrogen) atoms. The molecule has 0 atom stereocenters. The van der Waals surface area contributed by atoms with E-state index in [1.807, 2.05) is 28.0 Å². The van der Waals surface area contributed by atoms with Gasteiger partial charge < -0.3 is 5.32 Å². The van der Waals surface area contributed by atoms with E-state index in [0.717, 1.165) is 31.7 Å². The van der Waals surface area contributed by atoms with Crippen LogP contribution in [0.2, 0.25) is 0 Å². The maximum atomic E-state index is 4.36. The van der Waals surface area contributed by atoms with E-state index in [1.165, 1.54) is 5.56 Å². The molecule has 0 amide bonds. The minimum Gasteiger partial charge on any atom is -0.378 e. The molecule has 0 aliphatic carbocycles. The van der Waals surface area contributed by atoms with E-state index in [0.29, 0.717) is 5.92 Å². The lowest BCUT2D eigenvalue weighted by Crippen LogP contribution is -2.04. The molecule has 104 valence electrons. The van der Waals surface area contributed by atoms with Crippen molar-refractivity contribution in [3.63, 3.8) is 0 Å². The summed E-state index contributed by atoms with van der Waals surface area (Å²) in [6, 6.07) is 0. The second-order valence-corrected chi connectivity index (χ2v) is 5.31. The number of hydrogen-bond acceptors (Lipinski definition) is 3. The van der Waals surface area contributed by atoms with Crippen molar-refractivity contribution in [3.8, 4) is 0 Å². The summed E-state index contributed by atoms with van der Waals surface area (Å²) in [6.07, 6.45) is 9.04. The fourth-order valence-electron chi connectivity index (χ4n) is 1.98. The second kappa shape index (κ2) is 6.41. The summed E-state index contributed by atoms with van der Waals surface area (Å²) >= 11 is 0. The van der Waals surface area contributed by atoms with Gasteiger partial charge in [-0.2, -0.15) is 10.2 Å². The predicted octanol–water partition coefficient (Wildman–Crippen LogP) is 2.76. The molecule has 0 saturated carbocycles. The van der Waals surface area contributed by atoms with Crippen molar-refractivity contribution < 1.29 is 0 Å². The highest BCUT2D eigenvalue weighted by Crippen LogP contribution is 2.08. The highest BCUT2D eigenvalue weighted by atomic mass is 15.3. The molecule has 0 aromatic carbocycles. The van der Waals surface area contributed by atoms with Gasteiger partial charge in [0.05, 0.1) is 18.1 Å². The zero-order chi connectivity index (χ0) is 13.7. The van der Waals surface area contributed by atoms with Gasteiger partial charge in [-0.05, 0) is 12.3 Å². The van der Waals surface area contributed by atoms with Gasteiger partial charge in [-0.25, -0.2) is 0 Å². The van der Waals surface area contributed by atoms with Crippen LogP contribution in [0.1, 0.15) is 32.8 Å². The minimum atomic E-state index is 0.619. The molecular formula is C14H23N5. The van der Waals surface area contributed by atoms with Gasteiger partial charge in [-0.1, -0.05) is 20.8 Å². The molecule has 0 saturated heterocycles. The Labute approximate surface area is 114 Å². The number of nitrogens with zero attached hydrogens (tertiary/aromatic N) is 4. The molecule has 2 aromatic rings. The molecule has 0 aliphatic heterocycles. The molecule has 0 fully saturated rings. The van der Waals surface area contributed by atoms with E-state index in [4.69, 9.17) is 0 Å². The standard InChI is InChI=1S/C14H23N5/c1-4-5-18-11-14(8-17-18)15-6-13-7-16-19(10-13)9-12(2)3/h7-8,10-12,15H,4-6,9H2,1-3H3. The van der Waals surface area contributed by atoms with Crippen molar-refractivity contribution in [3.05, 3.63) is 30.4 Å². The third-order valence-corrected chi connectivity index (χ3v) is 2.82. The number of anilines is 1. The van der Waals surface area contributed by atoms with E-state index in [9.17, 15) is 0 Å². The SMILES string of the molecule is CCCn1cc(NCc2cnn(CC(C)C)c2)cn1. The van der Waals surface area contributed by atoms with Crippen molar-refractivity contribution in [1.82, 2.24) is 19.6 Å². The number of hydrogen-bond donors (Lipinski definition) is 1. The Morgan fingerprint density at radius 2 is 1.95 bits per heavy atom. The van der Waals surface area contributed by atoms with Gasteiger partial charge in [0.15, 0.2) is 0 Å². The first kappa shape index (κ1) is 13.6. The van der Waals surface area contributed by atoms with Gasteiger partial charge >= 0.3 is 0 Å². The highest BCUT2D eigenvalue weighted by molar-refractivity contribution is 5.38. The normalized spacial score (nSPS) is 11.2. The molecule has 0 bridgehead atoms. The van der Waals surface area contributed by atoms with Crippen molar-refractivity contribution >= 4 is 5.69 Å². The van der Waals surface area contributed by atoms with Crippen molar-refractivity contribution in [2.24, 2.45) is 5.92 Å². The Bertz CT molecular complexity index is 497. The fourth-order valence-corrected chi connectivity index (χ4v) is 1.98. The van der Waals surface area contributed by atoms with Crippen molar-refractivity contribution in [2.45, 2.75) is 46.8 Å². The van der Waals surface area contributed by atoms with Gasteiger partial charge in [-0.3, -0.25) is 9.36 Å². The Balaban J connectivity index is 1.85. The average molecular weight is 261 g/mol. The van der Waals surface area contributed by atoms with Gasteiger partial charge in [0.1, 0.15) is 0 Å². The molecule has 0 unspecified atom stereocenters. The van der Waals surface area contributed by atoms with Crippen LogP contribution in [0.4, 0.5) is 5.69 Å². The lowest BCUT2D eigenvalue weighted by Gasteiger charge is -2.03. The average Bonchev–Trinajstić information content (AvgIpc) is 2.96. The van der Waals surface area contributed by atoms with Crippen molar-refractivity contribution in [2.75, 3.05) is 5.32 Å². The number of nitrogens with one attached hydrogen (secondary N) is 1. The lowest BCUT2D eigenvalue weighted by molar-refractivity contribution is 0.483. The van der Waals surface area contributed by atoms with Crippen LogP contribution in [0.15, 0.2) is 24.8 Å². The first-order valence-corrected chi connectivity index (χ1v) is 6.95. The molecule has 0 aliphatic rings. The van der Waals surface area contributed by atoms with Crippen LogP contribution in [0, 0.1) is 5.92 Å². The monoisotopic (exact) mass is 261 g/mol. The van der Waals surface area contributed by atoms with Crippen LogP contribution in [0.25, 0.3) is 0 Å². The fraction of sp³-hybridized carbons (Fsp3) is 0.571. The second-order valence-electron chi connectivity index (χ2n) is 5.31. The van der Waals surface area contributed by atoms with E-state index in [-0.39, 0.29) is 0 Å². The van der Waals surface area contributed by atoms with E-state index in [2.05, 4.69) is 42.5 Å². The largest absolute Gasteiger partial charge is 0.378 e. The van der Waals surface area contributed by atoms with Crippen LogP contribution in [0.5, 0.6) is 0 Å². The molecule has 2 aromatic heterocycles. The Morgan fingerprint density at radius 1 is 1.16 bits per heavy atom.